The Morgan fingerprint density at radius 2 is 2.00 bits per heavy atom. The van der Waals surface area contributed by atoms with Crippen molar-refractivity contribution < 1.29 is 9.13 Å². The van der Waals surface area contributed by atoms with Crippen molar-refractivity contribution >= 4 is 0 Å². The van der Waals surface area contributed by atoms with Crippen molar-refractivity contribution in [3.8, 4) is 5.75 Å². The molecule has 1 heterocycles. The van der Waals surface area contributed by atoms with E-state index < -0.39 is 0 Å². The zero-order valence-corrected chi connectivity index (χ0v) is 10.9. The Hall–Kier alpha value is -1.09. The molecule has 0 N–H and O–H groups in total. The van der Waals surface area contributed by atoms with Crippen molar-refractivity contribution in [2.75, 3.05) is 20.2 Å². The van der Waals surface area contributed by atoms with E-state index in [0.717, 1.165) is 49.2 Å². The molecular weight excluding hydrogens is 229 g/mol. The van der Waals surface area contributed by atoms with Crippen LogP contribution in [0.5, 0.6) is 5.75 Å². The standard InChI is InChI=1S/C15H20FNO/c1-18-14-8-7-12(16)15-11(14)5-4-6-13(15)17-9-2-3-10-17/h7-8,13H,2-6,9-10H2,1H3. The van der Waals surface area contributed by atoms with Crippen molar-refractivity contribution in [2.24, 2.45) is 0 Å². The number of fused-ring (bicyclic) bond motifs is 1. The fraction of sp³-hybridized carbons (Fsp3) is 0.600. The predicted octanol–water partition coefficient (Wildman–Crippen LogP) is 3.31. The molecule has 98 valence electrons. The third-order valence-electron chi connectivity index (χ3n) is 4.30. The van der Waals surface area contributed by atoms with Crippen LogP contribution in [-0.4, -0.2) is 25.1 Å². The highest BCUT2D eigenvalue weighted by molar-refractivity contribution is 5.44. The SMILES string of the molecule is COc1ccc(F)c2c1CCCC2N1CCCC1. The van der Waals surface area contributed by atoms with Gasteiger partial charge in [0.25, 0.3) is 0 Å². The van der Waals surface area contributed by atoms with Crippen LogP contribution in [0.2, 0.25) is 0 Å². The summed E-state index contributed by atoms with van der Waals surface area (Å²) in [4.78, 5) is 2.44. The van der Waals surface area contributed by atoms with Crippen molar-refractivity contribution in [1.29, 1.82) is 0 Å². The monoisotopic (exact) mass is 249 g/mol. The second kappa shape index (κ2) is 4.88. The lowest BCUT2D eigenvalue weighted by atomic mass is 9.86. The van der Waals surface area contributed by atoms with Crippen LogP contribution in [-0.2, 0) is 6.42 Å². The second-order valence-corrected chi connectivity index (χ2v) is 5.29. The first-order valence-electron chi connectivity index (χ1n) is 6.90. The average Bonchev–Trinajstić information content (AvgIpc) is 2.92. The molecular formula is C15H20FNO. The third-order valence-corrected chi connectivity index (χ3v) is 4.30. The number of nitrogens with zero attached hydrogens (tertiary/aromatic N) is 1. The molecule has 2 aliphatic rings. The van der Waals surface area contributed by atoms with Gasteiger partial charge in [-0.2, -0.15) is 0 Å². The quantitative estimate of drug-likeness (QED) is 0.797. The number of benzene rings is 1. The van der Waals surface area contributed by atoms with Crippen molar-refractivity contribution in [2.45, 2.75) is 38.1 Å². The summed E-state index contributed by atoms with van der Waals surface area (Å²) >= 11 is 0. The molecule has 3 heteroatoms. The van der Waals surface area contributed by atoms with Gasteiger partial charge in [0, 0.05) is 17.2 Å². The van der Waals surface area contributed by atoms with Crippen LogP contribution in [0.4, 0.5) is 4.39 Å². The maximum Gasteiger partial charge on any atom is 0.128 e. The van der Waals surface area contributed by atoms with Crippen molar-refractivity contribution in [1.82, 2.24) is 4.90 Å². The number of ether oxygens (including phenoxy) is 1. The Kier molecular flexibility index (Phi) is 3.25. The molecule has 1 atom stereocenters. The van der Waals surface area contributed by atoms with E-state index in [4.69, 9.17) is 4.74 Å². The van der Waals surface area contributed by atoms with Gasteiger partial charge in [-0.3, -0.25) is 4.90 Å². The third kappa shape index (κ3) is 1.91. The van der Waals surface area contributed by atoms with Gasteiger partial charge in [-0.25, -0.2) is 4.39 Å². The zero-order valence-electron chi connectivity index (χ0n) is 10.9. The Bertz CT molecular complexity index is 440. The minimum atomic E-state index is -0.0533. The molecule has 3 rings (SSSR count). The normalized spacial score (nSPS) is 24.0. The highest BCUT2D eigenvalue weighted by Crippen LogP contribution is 2.41. The van der Waals surface area contributed by atoms with Gasteiger partial charge in [0.05, 0.1) is 7.11 Å². The van der Waals surface area contributed by atoms with E-state index in [1.165, 1.54) is 12.8 Å². The van der Waals surface area contributed by atoms with Crippen LogP contribution in [0.25, 0.3) is 0 Å². The van der Waals surface area contributed by atoms with Crippen molar-refractivity contribution in [3.63, 3.8) is 0 Å². The molecule has 2 nitrogen and oxygen atoms in total. The van der Waals surface area contributed by atoms with Gasteiger partial charge in [-0.1, -0.05) is 0 Å². The van der Waals surface area contributed by atoms with Crippen LogP contribution < -0.4 is 4.74 Å². The highest BCUT2D eigenvalue weighted by Gasteiger charge is 2.31. The molecule has 0 bridgehead atoms. The topological polar surface area (TPSA) is 12.5 Å². The molecule has 1 fully saturated rings. The van der Waals surface area contributed by atoms with Gasteiger partial charge in [0.1, 0.15) is 11.6 Å². The minimum absolute atomic E-state index is 0.0533. The van der Waals surface area contributed by atoms with Crippen LogP contribution in [0.3, 0.4) is 0 Å². The molecule has 1 aliphatic carbocycles. The first-order valence-corrected chi connectivity index (χ1v) is 6.90. The van der Waals surface area contributed by atoms with E-state index in [-0.39, 0.29) is 11.9 Å². The molecule has 0 saturated carbocycles. The number of methoxy groups -OCH3 is 1. The minimum Gasteiger partial charge on any atom is -0.496 e. The summed E-state index contributed by atoms with van der Waals surface area (Å²) < 4.78 is 19.6. The first kappa shape index (κ1) is 12.0. The Labute approximate surface area is 108 Å². The molecule has 0 aromatic heterocycles. The van der Waals surface area contributed by atoms with Crippen LogP contribution in [0.15, 0.2) is 12.1 Å². The van der Waals surface area contributed by atoms with E-state index in [0.29, 0.717) is 0 Å². The molecule has 1 saturated heterocycles. The fourth-order valence-corrected chi connectivity index (χ4v) is 3.46. The maximum atomic E-state index is 14.2. The molecule has 0 radical (unpaired) electrons. The van der Waals surface area contributed by atoms with Crippen LogP contribution in [0, 0.1) is 5.82 Å². The summed E-state index contributed by atoms with van der Waals surface area (Å²) in [5.41, 5.74) is 2.00. The first-order chi connectivity index (χ1) is 8.81. The summed E-state index contributed by atoms with van der Waals surface area (Å²) in [5.74, 6) is 0.803. The number of rotatable bonds is 2. The Morgan fingerprint density at radius 1 is 1.22 bits per heavy atom. The van der Waals surface area contributed by atoms with Crippen LogP contribution >= 0.6 is 0 Å². The van der Waals surface area contributed by atoms with E-state index in [2.05, 4.69) is 4.90 Å². The summed E-state index contributed by atoms with van der Waals surface area (Å²) in [7, 11) is 1.67. The van der Waals surface area contributed by atoms with E-state index >= 15 is 0 Å². The van der Waals surface area contributed by atoms with Gasteiger partial charge in [0.15, 0.2) is 0 Å². The number of likely N-dealkylation sites (tertiary alicyclic amines) is 1. The summed E-state index contributed by atoms with van der Waals surface area (Å²) in [5, 5.41) is 0. The number of halogens is 1. The lowest BCUT2D eigenvalue weighted by Crippen LogP contribution is -2.29. The van der Waals surface area contributed by atoms with Gasteiger partial charge < -0.3 is 4.74 Å². The smallest absolute Gasteiger partial charge is 0.128 e. The lowest BCUT2D eigenvalue weighted by Gasteiger charge is -2.33. The molecule has 18 heavy (non-hydrogen) atoms. The average molecular weight is 249 g/mol. The van der Waals surface area contributed by atoms with Gasteiger partial charge in [-0.15, -0.1) is 0 Å². The summed E-state index contributed by atoms with van der Waals surface area (Å²) in [6.07, 6.45) is 5.65. The maximum absolute atomic E-state index is 14.2. The zero-order chi connectivity index (χ0) is 12.5. The number of hydrogen-bond acceptors (Lipinski definition) is 2. The molecule has 1 unspecified atom stereocenters. The fourth-order valence-electron chi connectivity index (χ4n) is 3.46. The van der Waals surface area contributed by atoms with Gasteiger partial charge >= 0.3 is 0 Å². The van der Waals surface area contributed by atoms with E-state index in [9.17, 15) is 4.39 Å². The summed E-state index contributed by atoms with van der Waals surface area (Å²) in [6.45, 7) is 2.22. The number of hydrogen-bond donors (Lipinski definition) is 0. The molecule has 0 spiro atoms. The largest absolute Gasteiger partial charge is 0.496 e. The predicted molar refractivity (Wildman–Crippen MR) is 69.4 cm³/mol. The van der Waals surface area contributed by atoms with Crippen LogP contribution in [0.1, 0.15) is 42.9 Å². The Balaban J connectivity index is 2.03. The summed E-state index contributed by atoms with van der Waals surface area (Å²) in [6, 6.07) is 3.60. The van der Waals surface area contributed by atoms with E-state index in [1.54, 1.807) is 19.2 Å². The lowest BCUT2D eigenvalue weighted by molar-refractivity contribution is 0.214. The molecule has 1 aliphatic heterocycles. The van der Waals surface area contributed by atoms with Crippen molar-refractivity contribution in [3.05, 3.63) is 29.1 Å². The molecule has 0 amide bonds. The molecule has 1 aromatic rings. The molecule has 1 aromatic carbocycles. The second-order valence-electron chi connectivity index (χ2n) is 5.29. The Morgan fingerprint density at radius 3 is 2.72 bits per heavy atom. The highest BCUT2D eigenvalue weighted by atomic mass is 19.1. The van der Waals surface area contributed by atoms with E-state index in [1.807, 2.05) is 0 Å². The van der Waals surface area contributed by atoms with Gasteiger partial charge in [-0.05, 0) is 57.3 Å². The van der Waals surface area contributed by atoms with Gasteiger partial charge in [0.2, 0.25) is 0 Å².